The first-order valence-electron chi connectivity index (χ1n) is 12.5. The molecule has 1 spiro atoms. The first-order valence-corrected chi connectivity index (χ1v) is 12.5. The molecule has 172 valence electrons. The van der Waals surface area contributed by atoms with Crippen molar-refractivity contribution in [2.75, 3.05) is 11.4 Å². The molecule has 34 heavy (non-hydrogen) atoms. The minimum atomic E-state index is 0.148. The number of hydrogen-bond acceptors (Lipinski definition) is 6. The van der Waals surface area contributed by atoms with Crippen LogP contribution in [0.5, 0.6) is 0 Å². The molecule has 1 aromatic carbocycles. The molecular formula is C27H29N7. The van der Waals surface area contributed by atoms with Crippen molar-refractivity contribution in [2.45, 2.75) is 56.9 Å². The molecule has 7 rings (SSSR count). The number of aromatic nitrogens is 5. The maximum absolute atomic E-state index is 6.77. The number of anilines is 2. The molecule has 0 saturated heterocycles. The molecule has 3 N–H and O–H groups in total. The summed E-state index contributed by atoms with van der Waals surface area (Å²) in [5, 5.41) is 7.78. The Hall–Kier alpha value is -3.32. The molecule has 1 atom stereocenters. The van der Waals surface area contributed by atoms with Gasteiger partial charge in [0, 0.05) is 30.9 Å². The van der Waals surface area contributed by atoms with E-state index in [4.69, 9.17) is 15.7 Å². The Morgan fingerprint density at radius 3 is 2.82 bits per heavy atom. The Morgan fingerprint density at radius 1 is 1.06 bits per heavy atom. The fourth-order valence-corrected chi connectivity index (χ4v) is 6.59. The van der Waals surface area contributed by atoms with Gasteiger partial charge in [0.15, 0.2) is 17.0 Å². The van der Waals surface area contributed by atoms with Crippen LogP contribution in [0.25, 0.3) is 11.2 Å². The Morgan fingerprint density at radius 2 is 1.94 bits per heavy atom. The SMILES string of the molecule is N[C@@H]1c2ccccc2C[C@]12CC[C@@H](c1cnc3c(N4CCCc5ncccc54)n[nH]c3n1)CC2. The second-order valence-corrected chi connectivity index (χ2v) is 10.3. The number of rotatable bonds is 2. The van der Waals surface area contributed by atoms with Gasteiger partial charge in [-0.05, 0) is 73.6 Å². The number of nitrogens with one attached hydrogen (secondary N) is 1. The number of pyridine rings is 1. The second kappa shape index (κ2) is 7.60. The Balaban J connectivity index is 1.13. The number of fused-ring (bicyclic) bond motifs is 3. The summed E-state index contributed by atoms with van der Waals surface area (Å²) in [7, 11) is 0. The zero-order chi connectivity index (χ0) is 22.7. The standard InChI is InChI=1S/C27H29N7/c28-24-19-6-2-1-5-18(19)15-27(24)11-9-17(10-12-27)21-16-30-23-25(31-21)32-33-26(23)34-14-4-7-20-22(34)8-3-13-29-20/h1-3,5-6,8,13,16-17,24H,4,7,9-12,14-15,28H2,(H,31,32,33)/t17-,24-,27-/m1/s1. The van der Waals surface area contributed by atoms with Crippen molar-refractivity contribution < 1.29 is 0 Å². The number of aromatic amines is 1. The van der Waals surface area contributed by atoms with Gasteiger partial charge in [-0.15, -0.1) is 0 Å². The molecular weight excluding hydrogens is 422 g/mol. The summed E-state index contributed by atoms with van der Waals surface area (Å²) < 4.78 is 0. The van der Waals surface area contributed by atoms with E-state index in [9.17, 15) is 0 Å². The zero-order valence-electron chi connectivity index (χ0n) is 19.2. The number of benzene rings is 1. The summed E-state index contributed by atoms with van der Waals surface area (Å²) in [6, 6.07) is 13.0. The van der Waals surface area contributed by atoms with Gasteiger partial charge in [-0.25, -0.2) is 9.97 Å². The van der Waals surface area contributed by atoms with E-state index in [1.54, 1.807) is 0 Å². The van der Waals surface area contributed by atoms with Gasteiger partial charge in [-0.1, -0.05) is 24.3 Å². The number of H-pyrrole nitrogens is 1. The van der Waals surface area contributed by atoms with Crippen LogP contribution in [0, 0.1) is 5.41 Å². The number of nitrogens with zero attached hydrogens (tertiary/aromatic N) is 5. The predicted molar refractivity (Wildman–Crippen MR) is 132 cm³/mol. The van der Waals surface area contributed by atoms with E-state index in [0.29, 0.717) is 5.92 Å². The lowest BCUT2D eigenvalue weighted by Crippen LogP contribution is -2.35. The number of nitrogens with two attached hydrogens (primary N) is 1. The molecule has 4 aromatic rings. The summed E-state index contributed by atoms with van der Waals surface area (Å²) in [4.78, 5) is 16.6. The van der Waals surface area contributed by atoms with Gasteiger partial charge < -0.3 is 10.6 Å². The van der Waals surface area contributed by atoms with Gasteiger partial charge in [0.05, 0.1) is 17.1 Å². The maximum atomic E-state index is 6.77. The van der Waals surface area contributed by atoms with E-state index in [1.165, 1.54) is 11.1 Å². The molecule has 0 amide bonds. The average Bonchev–Trinajstić information content (AvgIpc) is 3.43. The van der Waals surface area contributed by atoms with Crippen molar-refractivity contribution in [3.8, 4) is 0 Å². The van der Waals surface area contributed by atoms with Crippen molar-refractivity contribution in [3.05, 3.63) is 71.3 Å². The summed E-state index contributed by atoms with van der Waals surface area (Å²) in [6.45, 7) is 0.912. The highest BCUT2D eigenvalue weighted by molar-refractivity contribution is 5.86. The van der Waals surface area contributed by atoms with Crippen LogP contribution in [-0.4, -0.2) is 31.7 Å². The molecule has 2 aliphatic carbocycles. The van der Waals surface area contributed by atoms with E-state index in [0.717, 1.165) is 85.5 Å². The van der Waals surface area contributed by atoms with Gasteiger partial charge in [-0.3, -0.25) is 10.1 Å². The van der Waals surface area contributed by atoms with Crippen molar-refractivity contribution in [1.29, 1.82) is 0 Å². The highest BCUT2D eigenvalue weighted by atomic mass is 15.3. The zero-order valence-corrected chi connectivity index (χ0v) is 19.2. The lowest BCUT2D eigenvalue weighted by molar-refractivity contribution is 0.148. The van der Waals surface area contributed by atoms with E-state index in [2.05, 4.69) is 50.4 Å². The number of hydrogen-bond donors (Lipinski definition) is 2. The van der Waals surface area contributed by atoms with Crippen molar-refractivity contribution in [2.24, 2.45) is 11.1 Å². The van der Waals surface area contributed by atoms with Gasteiger partial charge in [0.2, 0.25) is 0 Å². The second-order valence-electron chi connectivity index (χ2n) is 10.3. The maximum Gasteiger partial charge on any atom is 0.183 e. The lowest BCUT2D eigenvalue weighted by Gasteiger charge is -2.40. The van der Waals surface area contributed by atoms with Crippen LogP contribution >= 0.6 is 0 Å². The quantitative estimate of drug-likeness (QED) is 0.457. The normalized spacial score (nSPS) is 26.1. The van der Waals surface area contributed by atoms with E-state index < -0.39 is 0 Å². The third-order valence-corrected chi connectivity index (χ3v) is 8.47. The van der Waals surface area contributed by atoms with Gasteiger partial charge in [-0.2, -0.15) is 5.10 Å². The molecule has 4 heterocycles. The van der Waals surface area contributed by atoms with Crippen molar-refractivity contribution >= 4 is 22.7 Å². The summed E-state index contributed by atoms with van der Waals surface area (Å²) in [5.41, 5.74) is 14.7. The van der Waals surface area contributed by atoms with Crippen LogP contribution in [0.1, 0.15) is 66.6 Å². The van der Waals surface area contributed by atoms with Gasteiger partial charge >= 0.3 is 0 Å². The third-order valence-electron chi connectivity index (χ3n) is 8.47. The topological polar surface area (TPSA) is 96.6 Å². The average molecular weight is 452 g/mol. The van der Waals surface area contributed by atoms with E-state index >= 15 is 0 Å². The molecule has 1 saturated carbocycles. The molecule has 7 heteroatoms. The molecule has 3 aliphatic rings. The highest BCUT2D eigenvalue weighted by Gasteiger charge is 2.46. The molecule has 1 fully saturated rings. The van der Waals surface area contributed by atoms with Crippen LogP contribution in [-0.2, 0) is 12.8 Å². The molecule has 0 unspecified atom stereocenters. The Kier molecular flexibility index (Phi) is 4.49. The van der Waals surface area contributed by atoms with Crippen LogP contribution < -0.4 is 10.6 Å². The summed E-state index contributed by atoms with van der Waals surface area (Å²) in [5.74, 6) is 1.27. The fourth-order valence-electron chi connectivity index (χ4n) is 6.59. The van der Waals surface area contributed by atoms with Crippen LogP contribution in [0.4, 0.5) is 11.5 Å². The first-order chi connectivity index (χ1) is 16.7. The predicted octanol–water partition coefficient (Wildman–Crippen LogP) is 4.73. The minimum absolute atomic E-state index is 0.148. The lowest BCUT2D eigenvalue weighted by atomic mass is 9.66. The fraction of sp³-hybridized carbons (Fsp3) is 0.407. The first kappa shape index (κ1) is 20.1. The summed E-state index contributed by atoms with van der Waals surface area (Å²) in [6.07, 6.45) is 11.5. The van der Waals surface area contributed by atoms with Crippen LogP contribution in [0.15, 0.2) is 48.8 Å². The Bertz CT molecular complexity index is 1370. The van der Waals surface area contributed by atoms with Gasteiger partial charge in [0.1, 0.15) is 0 Å². The third kappa shape index (κ3) is 2.99. The largest absolute Gasteiger partial charge is 0.323 e. The molecule has 0 radical (unpaired) electrons. The highest BCUT2D eigenvalue weighted by Crippen LogP contribution is 2.55. The number of aryl methyl sites for hydroxylation is 1. The Labute approximate surface area is 198 Å². The molecule has 7 nitrogen and oxygen atoms in total. The van der Waals surface area contributed by atoms with Crippen molar-refractivity contribution in [3.63, 3.8) is 0 Å². The van der Waals surface area contributed by atoms with Crippen molar-refractivity contribution in [1.82, 2.24) is 25.1 Å². The molecule has 3 aromatic heterocycles. The molecule has 1 aliphatic heterocycles. The summed E-state index contributed by atoms with van der Waals surface area (Å²) >= 11 is 0. The van der Waals surface area contributed by atoms with E-state index in [1.807, 2.05) is 18.5 Å². The van der Waals surface area contributed by atoms with Gasteiger partial charge in [0.25, 0.3) is 0 Å². The minimum Gasteiger partial charge on any atom is -0.323 e. The van der Waals surface area contributed by atoms with Crippen LogP contribution in [0.2, 0.25) is 0 Å². The molecule has 0 bridgehead atoms. The van der Waals surface area contributed by atoms with Crippen LogP contribution in [0.3, 0.4) is 0 Å². The monoisotopic (exact) mass is 451 g/mol. The smallest absolute Gasteiger partial charge is 0.183 e. The van der Waals surface area contributed by atoms with E-state index in [-0.39, 0.29) is 11.5 Å².